The summed E-state index contributed by atoms with van der Waals surface area (Å²) in [5.41, 5.74) is 6.93. The largest absolute Gasteiger partial charge is 0.493 e. The van der Waals surface area contributed by atoms with Crippen LogP contribution < -0.4 is 25.8 Å². The Balaban J connectivity index is 0.00000364. The van der Waals surface area contributed by atoms with Crippen LogP contribution in [0.5, 0.6) is 11.5 Å². The number of rotatable bonds is 8. The standard InChI is InChI=1S/C19H30N4O3.HI/c1-25-16-9-8-14(12-17(16)26-2)10-11-21-19(20)22-13-18(24)23-15-6-4-3-5-7-15;/h8-9,12,15H,3-7,10-11,13H2,1-2H3,(H,23,24)(H3,20,21,22);1H. The third kappa shape index (κ3) is 8.23. The number of halogens is 1. The molecule has 0 bridgehead atoms. The van der Waals surface area contributed by atoms with E-state index in [0.717, 1.165) is 24.8 Å². The van der Waals surface area contributed by atoms with E-state index in [1.165, 1.54) is 19.3 Å². The first kappa shape index (κ1) is 23.3. The van der Waals surface area contributed by atoms with Crippen LogP contribution in [0.4, 0.5) is 0 Å². The third-order valence-electron chi connectivity index (χ3n) is 4.53. The van der Waals surface area contributed by atoms with Gasteiger partial charge in [-0.3, -0.25) is 4.79 Å². The highest BCUT2D eigenvalue weighted by Gasteiger charge is 2.15. The van der Waals surface area contributed by atoms with Gasteiger partial charge in [-0.15, -0.1) is 24.0 Å². The molecule has 27 heavy (non-hydrogen) atoms. The molecule has 152 valence electrons. The van der Waals surface area contributed by atoms with Gasteiger partial charge in [0.15, 0.2) is 17.5 Å². The van der Waals surface area contributed by atoms with E-state index in [2.05, 4.69) is 15.6 Å². The summed E-state index contributed by atoms with van der Waals surface area (Å²) in [6, 6.07) is 6.09. The summed E-state index contributed by atoms with van der Waals surface area (Å²) < 4.78 is 10.5. The van der Waals surface area contributed by atoms with Gasteiger partial charge in [0, 0.05) is 12.6 Å². The van der Waals surface area contributed by atoms with Gasteiger partial charge in [-0.05, 0) is 37.0 Å². The van der Waals surface area contributed by atoms with Gasteiger partial charge in [-0.1, -0.05) is 25.3 Å². The lowest BCUT2D eigenvalue weighted by atomic mass is 9.95. The van der Waals surface area contributed by atoms with Crippen LogP contribution in [0, 0.1) is 0 Å². The van der Waals surface area contributed by atoms with Crippen molar-refractivity contribution in [1.82, 2.24) is 10.6 Å². The molecule has 0 atom stereocenters. The molecule has 0 saturated heterocycles. The molecule has 1 aromatic rings. The lowest BCUT2D eigenvalue weighted by Crippen LogP contribution is -2.39. The Bertz CT molecular complexity index is 619. The maximum atomic E-state index is 11.9. The van der Waals surface area contributed by atoms with Gasteiger partial charge in [0.25, 0.3) is 0 Å². The summed E-state index contributed by atoms with van der Waals surface area (Å²) in [4.78, 5) is 16.0. The first-order valence-corrected chi connectivity index (χ1v) is 9.16. The molecule has 1 fully saturated rings. The fourth-order valence-electron chi connectivity index (χ4n) is 3.10. The highest BCUT2D eigenvalue weighted by Crippen LogP contribution is 2.27. The summed E-state index contributed by atoms with van der Waals surface area (Å²) in [5, 5.41) is 6.06. The predicted molar refractivity (Wildman–Crippen MR) is 118 cm³/mol. The number of carbonyl (C=O) groups excluding carboxylic acids is 1. The molecule has 1 saturated carbocycles. The highest BCUT2D eigenvalue weighted by atomic mass is 127. The number of ether oxygens (including phenoxy) is 2. The maximum absolute atomic E-state index is 11.9. The Kier molecular flexibility index (Phi) is 10.9. The molecule has 8 heteroatoms. The molecular weight excluding hydrogens is 459 g/mol. The molecule has 0 heterocycles. The number of nitrogens with one attached hydrogen (secondary N) is 2. The molecule has 0 aliphatic heterocycles. The number of amides is 1. The minimum absolute atomic E-state index is 0. The van der Waals surface area contributed by atoms with Crippen molar-refractivity contribution in [2.24, 2.45) is 10.7 Å². The number of hydrogen-bond acceptors (Lipinski definition) is 4. The molecule has 1 amide bonds. The van der Waals surface area contributed by atoms with Crippen molar-refractivity contribution < 1.29 is 14.3 Å². The number of carbonyl (C=O) groups is 1. The minimum atomic E-state index is -0.0680. The van der Waals surface area contributed by atoms with Crippen LogP contribution in [0.1, 0.15) is 37.7 Å². The van der Waals surface area contributed by atoms with E-state index in [4.69, 9.17) is 15.2 Å². The predicted octanol–water partition coefficient (Wildman–Crippen LogP) is 2.22. The van der Waals surface area contributed by atoms with Gasteiger partial charge in [0.2, 0.25) is 5.91 Å². The molecule has 4 N–H and O–H groups in total. The number of nitrogens with two attached hydrogens (primary N) is 1. The second-order valence-electron chi connectivity index (χ2n) is 6.47. The lowest BCUT2D eigenvalue weighted by Gasteiger charge is -2.22. The number of nitrogens with zero attached hydrogens (tertiary/aromatic N) is 1. The number of aliphatic imine (C=N–C) groups is 1. The quantitative estimate of drug-likeness (QED) is 0.295. The fraction of sp³-hybridized carbons (Fsp3) is 0.579. The van der Waals surface area contributed by atoms with Crippen molar-refractivity contribution in [3.05, 3.63) is 23.8 Å². The van der Waals surface area contributed by atoms with Crippen molar-refractivity contribution in [2.75, 3.05) is 27.3 Å². The molecule has 0 spiro atoms. The third-order valence-corrected chi connectivity index (χ3v) is 4.53. The molecule has 7 nitrogen and oxygen atoms in total. The van der Waals surface area contributed by atoms with E-state index in [0.29, 0.717) is 24.1 Å². The molecule has 0 radical (unpaired) electrons. The van der Waals surface area contributed by atoms with Crippen LogP contribution in [0.25, 0.3) is 0 Å². The second kappa shape index (κ2) is 12.6. The lowest BCUT2D eigenvalue weighted by molar-refractivity contribution is -0.120. The van der Waals surface area contributed by atoms with Gasteiger partial charge in [0.1, 0.15) is 6.54 Å². The van der Waals surface area contributed by atoms with Gasteiger partial charge in [0.05, 0.1) is 14.2 Å². The topological polar surface area (TPSA) is 98.0 Å². The fourth-order valence-corrected chi connectivity index (χ4v) is 3.10. The average molecular weight is 490 g/mol. The highest BCUT2D eigenvalue weighted by molar-refractivity contribution is 14.0. The van der Waals surface area contributed by atoms with Crippen molar-refractivity contribution in [2.45, 2.75) is 44.6 Å². The zero-order valence-corrected chi connectivity index (χ0v) is 18.5. The number of guanidine groups is 1. The van der Waals surface area contributed by atoms with Crippen LogP contribution in [0.2, 0.25) is 0 Å². The van der Waals surface area contributed by atoms with Gasteiger partial charge in [-0.25, -0.2) is 4.99 Å². The van der Waals surface area contributed by atoms with Crippen molar-refractivity contribution in [3.8, 4) is 11.5 Å². The van der Waals surface area contributed by atoms with Crippen LogP contribution in [0.3, 0.4) is 0 Å². The first-order chi connectivity index (χ1) is 12.6. The normalized spacial score (nSPS) is 14.8. The molecule has 1 aliphatic carbocycles. The smallest absolute Gasteiger partial charge is 0.242 e. The van der Waals surface area contributed by atoms with E-state index >= 15 is 0 Å². The average Bonchev–Trinajstić information content (AvgIpc) is 2.67. The van der Waals surface area contributed by atoms with E-state index in [1.807, 2.05) is 18.2 Å². The van der Waals surface area contributed by atoms with Crippen LogP contribution in [-0.4, -0.2) is 45.2 Å². The van der Waals surface area contributed by atoms with E-state index in [9.17, 15) is 4.79 Å². The Morgan fingerprint density at radius 2 is 1.89 bits per heavy atom. The monoisotopic (exact) mass is 490 g/mol. The summed E-state index contributed by atoms with van der Waals surface area (Å²) in [5.74, 6) is 1.62. The van der Waals surface area contributed by atoms with E-state index in [1.54, 1.807) is 14.2 Å². The number of methoxy groups -OCH3 is 2. The van der Waals surface area contributed by atoms with Crippen molar-refractivity contribution in [3.63, 3.8) is 0 Å². The zero-order chi connectivity index (χ0) is 18.8. The second-order valence-corrected chi connectivity index (χ2v) is 6.47. The summed E-state index contributed by atoms with van der Waals surface area (Å²) in [7, 11) is 3.23. The van der Waals surface area contributed by atoms with Gasteiger partial charge in [-0.2, -0.15) is 0 Å². The summed E-state index contributed by atoms with van der Waals surface area (Å²) in [6.45, 7) is 0.681. The van der Waals surface area contributed by atoms with Crippen molar-refractivity contribution >= 4 is 35.8 Å². The van der Waals surface area contributed by atoms with Crippen LogP contribution >= 0.6 is 24.0 Å². The van der Waals surface area contributed by atoms with Gasteiger partial charge < -0.3 is 25.8 Å². The SMILES string of the molecule is COc1ccc(CCNC(N)=NCC(=O)NC2CCCCC2)cc1OC.I. The molecule has 1 aromatic carbocycles. The van der Waals surface area contributed by atoms with Crippen molar-refractivity contribution in [1.29, 1.82) is 0 Å². The first-order valence-electron chi connectivity index (χ1n) is 9.16. The Labute approximate surface area is 178 Å². The molecule has 1 aliphatic rings. The Morgan fingerprint density at radius 3 is 2.56 bits per heavy atom. The summed E-state index contributed by atoms with van der Waals surface area (Å²) >= 11 is 0. The summed E-state index contributed by atoms with van der Waals surface area (Å²) in [6.07, 6.45) is 6.53. The molecular formula is C19H31IN4O3. The number of benzene rings is 1. The Morgan fingerprint density at radius 1 is 1.19 bits per heavy atom. The molecule has 2 rings (SSSR count). The van der Waals surface area contributed by atoms with E-state index < -0.39 is 0 Å². The van der Waals surface area contributed by atoms with E-state index in [-0.39, 0.29) is 42.4 Å². The zero-order valence-electron chi connectivity index (χ0n) is 16.1. The van der Waals surface area contributed by atoms with Crippen LogP contribution in [-0.2, 0) is 11.2 Å². The Hall–Kier alpha value is -1.71. The maximum Gasteiger partial charge on any atom is 0.242 e. The van der Waals surface area contributed by atoms with Gasteiger partial charge >= 0.3 is 0 Å². The molecule has 0 unspecified atom stereocenters. The minimum Gasteiger partial charge on any atom is -0.493 e. The van der Waals surface area contributed by atoms with Crippen LogP contribution in [0.15, 0.2) is 23.2 Å². The molecule has 0 aromatic heterocycles. The number of hydrogen-bond donors (Lipinski definition) is 3.